The molecule has 2 heterocycles. The molecular formula is C13H14N6. The van der Waals surface area contributed by atoms with Gasteiger partial charge in [0.15, 0.2) is 11.5 Å². The molecule has 0 radical (unpaired) electrons. The van der Waals surface area contributed by atoms with Crippen molar-refractivity contribution < 1.29 is 0 Å². The minimum absolute atomic E-state index is 0.601. The number of nitrogens with one attached hydrogen (secondary N) is 1. The molecule has 6 nitrogen and oxygen atoms in total. The topological polar surface area (TPSA) is 81.6 Å². The third-order valence-electron chi connectivity index (χ3n) is 2.93. The minimum Gasteiger partial charge on any atom is -0.308 e. The van der Waals surface area contributed by atoms with Crippen LogP contribution in [0.3, 0.4) is 0 Å². The lowest BCUT2D eigenvalue weighted by Crippen LogP contribution is -2.11. The van der Waals surface area contributed by atoms with Crippen LogP contribution in [-0.4, -0.2) is 19.7 Å². The highest BCUT2D eigenvalue weighted by Crippen LogP contribution is 2.22. The van der Waals surface area contributed by atoms with Crippen molar-refractivity contribution in [1.82, 2.24) is 19.7 Å². The van der Waals surface area contributed by atoms with Gasteiger partial charge in [-0.1, -0.05) is 25.1 Å². The third kappa shape index (κ3) is 1.92. The number of hydrogen-bond acceptors (Lipinski definition) is 5. The summed E-state index contributed by atoms with van der Waals surface area (Å²) in [6.45, 7) is 2.00. The van der Waals surface area contributed by atoms with E-state index in [4.69, 9.17) is 5.84 Å². The van der Waals surface area contributed by atoms with Crippen LogP contribution in [0.25, 0.3) is 16.7 Å². The Kier molecular flexibility index (Phi) is 2.85. The van der Waals surface area contributed by atoms with Gasteiger partial charge in [-0.2, -0.15) is 5.10 Å². The minimum atomic E-state index is 0.601. The molecule has 0 amide bonds. The molecule has 6 heteroatoms. The Morgan fingerprint density at radius 2 is 2.00 bits per heavy atom. The van der Waals surface area contributed by atoms with Crippen molar-refractivity contribution in [3.8, 4) is 5.69 Å². The zero-order valence-electron chi connectivity index (χ0n) is 10.5. The van der Waals surface area contributed by atoms with Crippen molar-refractivity contribution in [1.29, 1.82) is 0 Å². The number of nitrogens with zero attached hydrogens (tertiary/aromatic N) is 4. The van der Waals surface area contributed by atoms with E-state index in [-0.39, 0.29) is 0 Å². The highest BCUT2D eigenvalue weighted by Gasteiger charge is 2.12. The second-order valence-corrected chi connectivity index (χ2v) is 4.12. The highest BCUT2D eigenvalue weighted by molar-refractivity contribution is 5.87. The predicted octanol–water partition coefficient (Wildman–Crippen LogP) is 1.66. The first-order valence-corrected chi connectivity index (χ1v) is 6.10. The molecule has 0 saturated carbocycles. The fourth-order valence-electron chi connectivity index (χ4n) is 1.98. The fraction of sp³-hybridized carbons (Fsp3) is 0.154. The number of fused-ring (bicyclic) bond motifs is 1. The standard InChI is InChI=1S/C13H14N6/c1-2-11-16-12(18-14)10-8-15-19(13(10)17-11)9-6-4-3-5-7-9/h3-8H,2,14H2,1H3,(H,16,17,18). The summed E-state index contributed by atoms with van der Waals surface area (Å²) in [5.74, 6) is 6.85. The average Bonchev–Trinajstić information content (AvgIpc) is 2.90. The van der Waals surface area contributed by atoms with Gasteiger partial charge in [-0.05, 0) is 12.1 Å². The number of rotatable bonds is 3. The normalized spacial score (nSPS) is 10.8. The first kappa shape index (κ1) is 11.6. The molecule has 0 aliphatic rings. The maximum absolute atomic E-state index is 5.51. The molecule has 0 fully saturated rings. The van der Waals surface area contributed by atoms with Crippen molar-refractivity contribution in [2.75, 3.05) is 5.43 Å². The summed E-state index contributed by atoms with van der Waals surface area (Å²) in [5, 5.41) is 5.18. The van der Waals surface area contributed by atoms with Gasteiger partial charge in [0.1, 0.15) is 5.82 Å². The number of benzene rings is 1. The molecule has 3 aromatic rings. The molecule has 0 saturated heterocycles. The monoisotopic (exact) mass is 254 g/mol. The predicted molar refractivity (Wildman–Crippen MR) is 73.8 cm³/mol. The lowest BCUT2D eigenvalue weighted by molar-refractivity contribution is 0.877. The van der Waals surface area contributed by atoms with Gasteiger partial charge >= 0.3 is 0 Å². The van der Waals surface area contributed by atoms with E-state index in [9.17, 15) is 0 Å². The Morgan fingerprint density at radius 1 is 1.21 bits per heavy atom. The third-order valence-corrected chi connectivity index (χ3v) is 2.93. The number of hydrazine groups is 1. The Hall–Kier alpha value is -2.47. The zero-order valence-corrected chi connectivity index (χ0v) is 10.5. The van der Waals surface area contributed by atoms with E-state index >= 15 is 0 Å². The van der Waals surface area contributed by atoms with Crippen LogP contribution < -0.4 is 11.3 Å². The van der Waals surface area contributed by atoms with E-state index in [1.807, 2.05) is 37.3 Å². The number of hydrogen-bond donors (Lipinski definition) is 2. The van der Waals surface area contributed by atoms with Gasteiger partial charge in [0.05, 0.1) is 17.3 Å². The molecule has 0 aliphatic heterocycles. The highest BCUT2D eigenvalue weighted by atomic mass is 15.3. The maximum atomic E-state index is 5.51. The van der Waals surface area contributed by atoms with Crippen molar-refractivity contribution in [2.24, 2.45) is 5.84 Å². The molecule has 0 atom stereocenters. The quantitative estimate of drug-likeness (QED) is 0.548. The second kappa shape index (κ2) is 4.66. The van der Waals surface area contributed by atoms with Gasteiger partial charge in [-0.25, -0.2) is 20.5 Å². The van der Waals surface area contributed by atoms with Crippen molar-refractivity contribution in [2.45, 2.75) is 13.3 Å². The molecule has 0 bridgehead atoms. The summed E-state index contributed by atoms with van der Waals surface area (Å²) < 4.78 is 1.79. The Bertz CT molecular complexity index is 704. The van der Waals surface area contributed by atoms with Gasteiger partial charge < -0.3 is 5.43 Å². The fourth-order valence-corrected chi connectivity index (χ4v) is 1.98. The molecule has 0 unspecified atom stereocenters. The van der Waals surface area contributed by atoms with Crippen LogP contribution in [0.4, 0.5) is 5.82 Å². The second-order valence-electron chi connectivity index (χ2n) is 4.12. The van der Waals surface area contributed by atoms with Crippen LogP contribution >= 0.6 is 0 Å². The maximum Gasteiger partial charge on any atom is 0.168 e. The number of nitrogens with two attached hydrogens (primary N) is 1. The van der Waals surface area contributed by atoms with E-state index in [0.717, 1.165) is 29.0 Å². The lowest BCUT2D eigenvalue weighted by atomic mass is 10.3. The molecule has 96 valence electrons. The van der Waals surface area contributed by atoms with Gasteiger partial charge in [-0.15, -0.1) is 0 Å². The first-order chi connectivity index (χ1) is 9.33. The van der Waals surface area contributed by atoms with Crippen LogP contribution in [0.15, 0.2) is 36.5 Å². The van der Waals surface area contributed by atoms with Gasteiger partial charge in [0, 0.05) is 6.42 Å². The molecule has 1 aromatic carbocycles. The average molecular weight is 254 g/mol. The molecule has 3 N–H and O–H groups in total. The summed E-state index contributed by atoms with van der Waals surface area (Å²) in [5.41, 5.74) is 4.32. The van der Waals surface area contributed by atoms with Gasteiger partial charge in [-0.3, -0.25) is 0 Å². The van der Waals surface area contributed by atoms with E-state index < -0.39 is 0 Å². The Morgan fingerprint density at radius 3 is 2.68 bits per heavy atom. The van der Waals surface area contributed by atoms with Crippen molar-refractivity contribution in [3.63, 3.8) is 0 Å². The number of aromatic nitrogens is 4. The zero-order chi connectivity index (χ0) is 13.2. The summed E-state index contributed by atoms with van der Waals surface area (Å²) in [4.78, 5) is 8.88. The van der Waals surface area contributed by atoms with Crippen LogP contribution in [-0.2, 0) is 6.42 Å². The molecule has 0 spiro atoms. The molecule has 2 aromatic heterocycles. The van der Waals surface area contributed by atoms with E-state index in [1.54, 1.807) is 10.9 Å². The number of aryl methyl sites for hydroxylation is 1. The molecule has 0 aliphatic carbocycles. The summed E-state index contributed by atoms with van der Waals surface area (Å²) in [7, 11) is 0. The van der Waals surface area contributed by atoms with Crippen molar-refractivity contribution >= 4 is 16.9 Å². The summed E-state index contributed by atoms with van der Waals surface area (Å²) in [6, 6.07) is 9.86. The van der Waals surface area contributed by atoms with Crippen molar-refractivity contribution in [3.05, 3.63) is 42.4 Å². The first-order valence-electron chi connectivity index (χ1n) is 6.10. The number of anilines is 1. The van der Waals surface area contributed by atoms with Crippen LogP contribution in [0.5, 0.6) is 0 Å². The number of para-hydroxylation sites is 1. The van der Waals surface area contributed by atoms with Crippen LogP contribution in [0, 0.1) is 0 Å². The summed E-state index contributed by atoms with van der Waals surface area (Å²) >= 11 is 0. The van der Waals surface area contributed by atoms with E-state index in [0.29, 0.717) is 5.82 Å². The molecule has 19 heavy (non-hydrogen) atoms. The van der Waals surface area contributed by atoms with E-state index in [1.165, 1.54) is 0 Å². The molecule has 3 rings (SSSR count). The SMILES string of the molecule is CCc1nc(NN)c2cnn(-c3ccccc3)c2n1. The Balaban J connectivity index is 2.27. The lowest BCUT2D eigenvalue weighted by Gasteiger charge is -2.06. The summed E-state index contributed by atoms with van der Waals surface area (Å²) in [6.07, 6.45) is 2.46. The van der Waals surface area contributed by atoms with Gasteiger partial charge in [0.25, 0.3) is 0 Å². The number of nitrogen functional groups attached to an aromatic ring is 1. The van der Waals surface area contributed by atoms with Gasteiger partial charge in [0.2, 0.25) is 0 Å². The molecular weight excluding hydrogens is 240 g/mol. The largest absolute Gasteiger partial charge is 0.308 e. The van der Waals surface area contributed by atoms with Crippen LogP contribution in [0.2, 0.25) is 0 Å². The van der Waals surface area contributed by atoms with E-state index in [2.05, 4.69) is 20.5 Å². The Labute approximate surface area is 110 Å². The van der Waals surface area contributed by atoms with Crippen LogP contribution in [0.1, 0.15) is 12.7 Å². The smallest absolute Gasteiger partial charge is 0.168 e.